The predicted octanol–water partition coefficient (Wildman–Crippen LogP) is 1.74. The number of aromatic nitrogens is 3. The first-order valence-electron chi connectivity index (χ1n) is 7.24. The van der Waals surface area contributed by atoms with Gasteiger partial charge in [0.1, 0.15) is 6.54 Å². The third-order valence-electron chi connectivity index (χ3n) is 3.32. The highest BCUT2D eigenvalue weighted by atomic mass is 19.4. The lowest BCUT2D eigenvalue weighted by atomic mass is 10.0. The fraction of sp³-hybridized carbons (Fsp3) is 0.333. The zero-order valence-corrected chi connectivity index (χ0v) is 13.1. The molecular formula is C15H15F3N4O3. The van der Waals surface area contributed by atoms with E-state index in [-0.39, 0.29) is 24.2 Å². The molecule has 1 heterocycles. The van der Waals surface area contributed by atoms with Crippen LogP contribution in [0.15, 0.2) is 30.5 Å². The number of nitrogens with zero attached hydrogens (tertiary/aromatic N) is 3. The summed E-state index contributed by atoms with van der Waals surface area (Å²) in [7, 11) is 0. The Morgan fingerprint density at radius 3 is 2.60 bits per heavy atom. The summed E-state index contributed by atoms with van der Waals surface area (Å²) in [4.78, 5) is 22.6. The average Bonchev–Trinajstić information content (AvgIpc) is 2.95. The highest BCUT2D eigenvalue weighted by Gasteiger charge is 2.33. The zero-order chi connectivity index (χ0) is 18.6. The molecule has 0 radical (unpaired) electrons. The number of halogens is 3. The van der Waals surface area contributed by atoms with Crippen LogP contribution in [-0.4, -0.2) is 38.0 Å². The second-order valence-corrected chi connectivity index (χ2v) is 5.43. The van der Waals surface area contributed by atoms with Crippen molar-refractivity contribution >= 4 is 11.9 Å². The van der Waals surface area contributed by atoms with Crippen LogP contribution in [0.4, 0.5) is 13.2 Å². The van der Waals surface area contributed by atoms with Crippen LogP contribution in [-0.2, 0) is 23.9 Å². The molecule has 0 aliphatic heterocycles. The summed E-state index contributed by atoms with van der Waals surface area (Å²) in [5.41, 5.74) is -0.963. The van der Waals surface area contributed by atoms with Gasteiger partial charge in [0, 0.05) is 6.04 Å². The summed E-state index contributed by atoms with van der Waals surface area (Å²) < 4.78 is 39.9. The number of rotatable bonds is 6. The van der Waals surface area contributed by atoms with E-state index in [9.17, 15) is 22.8 Å². The second kappa shape index (κ2) is 7.32. The Hall–Kier alpha value is -2.91. The van der Waals surface area contributed by atoms with E-state index in [0.29, 0.717) is 0 Å². The van der Waals surface area contributed by atoms with Gasteiger partial charge in [-0.15, -0.1) is 5.10 Å². The number of carboxylic acid groups (broad SMARTS) is 1. The number of amides is 1. The summed E-state index contributed by atoms with van der Waals surface area (Å²) in [6.45, 7) is 1.29. The standard InChI is InChI=1S/C15H15F3N4O3/c1-9(6-10-4-2-3-5-11(10)15(16,17)18)19-13(23)8-22-7-12(14(24)25)20-21-22/h2-5,7,9H,6,8H2,1H3,(H,19,23)(H,24,25). The molecule has 10 heteroatoms. The van der Waals surface area contributed by atoms with Gasteiger partial charge in [-0.05, 0) is 25.0 Å². The van der Waals surface area contributed by atoms with Crippen molar-refractivity contribution in [3.8, 4) is 0 Å². The third-order valence-corrected chi connectivity index (χ3v) is 3.32. The molecule has 1 amide bonds. The topological polar surface area (TPSA) is 97.1 Å². The summed E-state index contributed by atoms with van der Waals surface area (Å²) in [6, 6.07) is 4.61. The van der Waals surface area contributed by atoms with E-state index >= 15 is 0 Å². The van der Waals surface area contributed by atoms with Crippen LogP contribution < -0.4 is 5.32 Å². The summed E-state index contributed by atoms with van der Waals surface area (Å²) in [6.07, 6.45) is -3.38. The highest BCUT2D eigenvalue weighted by molar-refractivity contribution is 5.84. The van der Waals surface area contributed by atoms with Gasteiger partial charge in [0.25, 0.3) is 0 Å². The lowest BCUT2D eigenvalue weighted by molar-refractivity contribution is -0.138. The molecule has 7 nitrogen and oxygen atoms in total. The number of hydrogen-bond acceptors (Lipinski definition) is 4. The summed E-state index contributed by atoms with van der Waals surface area (Å²) >= 11 is 0. The Morgan fingerprint density at radius 2 is 2.00 bits per heavy atom. The quantitative estimate of drug-likeness (QED) is 0.822. The molecule has 0 saturated heterocycles. The van der Waals surface area contributed by atoms with Crippen molar-refractivity contribution in [1.29, 1.82) is 0 Å². The van der Waals surface area contributed by atoms with Crippen LogP contribution in [0, 0.1) is 0 Å². The number of aromatic carboxylic acids is 1. The van der Waals surface area contributed by atoms with E-state index < -0.39 is 29.7 Å². The Balaban J connectivity index is 1.97. The lowest BCUT2D eigenvalue weighted by Gasteiger charge is -2.17. The van der Waals surface area contributed by atoms with Crippen LogP contribution >= 0.6 is 0 Å². The third kappa shape index (κ3) is 5.03. The van der Waals surface area contributed by atoms with Crippen LogP contribution in [0.2, 0.25) is 0 Å². The maximum absolute atomic E-state index is 13.0. The molecule has 0 bridgehead atoms. The van der Waals surface area contributed by atoms with E-state index in [1.165, 1.54) is 18.2 Å². The van der Waals surface area contributed by atoms with Gasteiger partial charge >= 0.3 is 12.1 Å². The summed E-state index contributed by atoms with van der Waals surface area (Å²) in [5.74, 6) is -1.79. The molecule has 1 aromatic carbocycles. The Labute approximate surface area is 140 Å². The number of carbonyl (C=O) groups excluding carboxylic acids is 1. The molecule has 2 rings (SSSR count). The number of carbonyl (C=O) groups is 2. The number of nitrogens with one attached hydrogen (secondary N) is 1. The summed E-state index contributed by atoms with van der Waals surface area (Å²) in [5, 5.41) is 18.1. The minimum absolute atomic E-state index is 0.000837. The van der Waals surface area contributed by atoms with Crippen molar-refractivity contribution in [3.63, 3.8) is 0 Å². The first-order valence-corrected chi connectivity index (χ1v) is 7.24. The molecule has 1 unspecified atom stereocenters. The molecule has 25 heavy (non-hydrogen) atoms. The Kier molecular flexibility index (Phi) is 5.40. The van der Waals surface area contributed by atoms with Crippen molar-refractivity contribution in [2.75, 3.05) is 0 Å². The predicted molar refractivity (Wildman–Crippen MR) is 79.7 cm³/mol. The molecular weight excluding hydrogens is 341 g/mol. The van der Waals surface area contributed by atoms with Crippen molar-refractivity contribution in [1.82, 2.24) is 20.3 Å². The van der Waals surface area contributed by atoms with Crippen LogP contribution in [0.5, 0.6) is 0 Å². The van der Waals surface area contributed by atoms with Gasteiger partial charge in [0.05, 0.1) is 11.8 Å². The van der Waals surface area contributed by atoms with Crippen molar-refractivity contribution in [3.05, 3.63) is 47.3 Å². The number of carboxylic acids is 1. The molecule has 0 saturated carbocycles. The van der Waals surface area contributed by atoms with Crippen molar-refractivity contribution in [2.45, 2.75) is 32.1 Å². The van der Waals surface area contributed by atoms with E-state index in [4.69, 9.17) is 5.11 Å². The highest BCUT2D eigenvalue weighted by Crippen LogP contribution is 2.32. The van der Waals surface area contributed by atoms with Crippen LogP contribution in [0.1, 0.15) is 28.5 Å². The SMILES string of the molecule is CC(Cc1ccccc1C(F)(F)F)NC(=O)Cn1cc(C(=O)O)nn1. The largest absolute Gasteiger partial charge is 0.476 e. The first kappa shape index (κ1) is 18.4. The molecule has 0 fully saturated rings. The molecule has 2 N–H and O–H groups in total. The van der Waals surface area contributed by atoms with Gasteiger partial charge in [0.2, 0.25) is 5.91 Å². The molecule has 1 aromatic heterocycles. The molecule has 0 aliphatic rings. The smallest absolute Gasteiger partial charge is 0.416 e. The maximum atomic E-state index is 13.0. The number of alkyl halides is 3. The van der Waals surface area contributed by atoms with E-state index in [1.807, 2.05) is 0 Å². The van der Waals surface area contributed by atoms with Crippen LogP contribution in [0.25, 0.3) is 0 Å². The second-order valence-electron chi connectivity index (χ2n) is 5.43. The van der Waals surface area contributed by atoms with Gasteiger partial charge < -0.3 is 10.4 Å². The number of hydrogen-bond donors (Lipinski definition) is 2. The lowest BCUT2D eigenvalue weighted by Crippen LogP contribution is -2.36. The van der Waals surface area contributed by atoms with Crippen molar-refractivity contribution < 1.29 is 27.9 Å². The fourth-order valence-electron chi connectivity index (χ4n) is 2.30. The fourth-order valence-corrected chi connectivity index (χ4v) is 2.30. The Bertz CT molecular complexity index is 773. The molecule has 0 spiro atoms. The molecule has 134 valence electrons. The van der Waals surface area contributed by atoms with E-state index in [0.717, 1.165) is 16.9 Å². The molecule has 0 aliphatic carbocycles. The van der Waals surface area contributed by atoms with Gasteiger partial charge in [-0.25, -0.2) is 9.48 Å². The normalized spacial score (nSPS) is 12.6. The van der Waals surface area contributed by atoms with Crippen molar-refractivity contribution in [2.24, 2.45) is 0 Å². The van der Waals surface area contributed by atoms with Gasteiger partial charge in [0.15, 0.2) is 5.69 Å². The molecule has 2 aromatic rings. The minimum Gasteiger partial charge on any atom is -0.476 e. The van der Waals surface area contributed by atoms with Gasteiger partial charge in [-0.2, -0.15) is 13.2 Å². The average molecular weight is 356 g/mol. The van der Waals surface area contributed by atoms with E-state index in [2.05, 4.69) is 15.6 Å². The van der Waals surface area contributed by atoms with Gasteiger partial charge in [-0.1, -0.05) is 23.4 Å². The Morgan fingerprint density at radius 1 is 1.32 bits per heavy atom. The minimum atomic E-state index is -4.46. The monoisotopic (exact) mass is 356 g/mol. The van der Waals surface area contributed by atoms with E-state index in [1.54, 1.807) is 6.92 Å². The zero-order valence-electron chi connectivity index (χ0n) is 13.1. The van der Waals surface area contributed by atoms with Crippen LogP contribution in [0.3, 0.4) is 0 Å². The number of benzene rings is 1. The maximum Gasteiger partial charge on any atom is 0.416 e. The van der Waals surface area contributed by atoms with Gasteiger partial charge in [-0.3, -0.25) is 4.79 Å². The molecule has 1 atom stereocenters. The first-order chi connectivity index (χ1) is 11.7.